The molecule has 4 heteroatoms. The molecule has 3 nitrogen and oxygen atoms in total. The van der Waals surface area contributed by atoms with Crippen LogP contribution in [-0.4, -0.2) is 28.9 Å². The zero-order valence-corrected chi connectivity index (χ0v) is 10.0. The minimum Gasteiger partial charge on any atom is -0.339 e. The van der Waals surface area contributed by atoms with Crippen LogP contribution in [0.4, 0.5) is 4.39 Å². The van der Waals surface area contributed by atoms with Crippen molar-refractivity contribution in [1.29, 1.82) is 0 Å². The van der Waals surface area contributed by atoms with Crippen LogP contribution in [0.5, 0.6) is 0 Å². The van der Waals surface area contributed by atoms with Gasteiger partial charge in [0.15, 0.2) is 5.82 Å². The van der Waals surface area contributed by atoms with Gasteiger partial charge in [-0.15, -0.1) is 0 Å². The maximum Gasteiger partial charge on any atom is 0.256 e. The molecule has 1 aliphatic rings. The molecule has 0 unspecified atom stereocenters. The van der Waals surface area contributed by atoms with Crippen molar-refractivity contribution in [3.05, 3.63) is 29.8 Å². The van der Waals surface area contributed by atoms with Crippen LogP contribution < -0.4 is 0 Å². The number of amides is 1. The average molecular weight is 236 g/mol. The second-order valence-electron chi connectivity index (χ2n) is 4.50. The zero-order valence-electron chi connectivity index (χ0n) is 10.0. The molecule has 17 heavy (non-hydrogen) atoms. The van der Waals surface area contributed by atoms with Gasteiger partial charge in [-0.3, -0.25) is 9.78 Å². The normalized spacial score (nSPS) is 15.4. The van der Waals surface area contributed by atoms with Crippen molar-refractivity contribution in [3.63, 3.8) is 0 Å². The first kappa shape index (κ1) is 12.0. The lowest BCUT2D eigenvalue weighted by Crippen LogP contribution is -2.37. The number of pyridine rings is 1. The Morgan fingerprint density at radius 2 is 2.35 bits per heavy atom. The standard InChI is InChI=1S/C13H17FN2O/c1-2-16(9-10-4-3-5-10)13(17)11-6-7-15-8-12(11)14/h6-8,10H,2-5,9H2,1H3. The van der Waals surface area contributed by atoms with Crippen LogP contribution >= 0.6 is 0 Å². The van der Waals surface area contributed by atoms with Gasteiger partial charge in [0.05, 0.1) is 11.8 Å². The van der Waals surface area contributed by atoms with E-state index in [1.54, 1.807) is 4.90 Å². The van der Waals surface area contributed by atoms with Gasteiger partial charge in [-0.25, -0.2) is 4.39 Å². The first-order valence-electron chi connectivity index (χ1n) is 6.11. The Balaban J connectivity index is 2.08. The summed E-state index contributed by atoms with van der Waals surface area (Å²) in [7, 11) is 0. The summed E-state index contributed by atoms with van der Waals surface area (Å²) >= 11 is 0. The SMILES string of the molecule is CCN(CC1CCC1)C(=O)c1ccncc1F. The van der Waals surface area contributed by atoms with Gasteiger partial charge in [0.25, 0.3) is 5.91 Å². The highest BCUT2D eigenvalue weighted by Gasteiger charge is 2.24. The molecule has 1 aromatic heterocycles. The van der Waals surface area contributed by atoms with Crippen LogP contribution in [-0.2, 0) is 0 Å². The van der Waals surface area contributed by atoms with Crippen molar-refractivity contribution in [3.8, 4) is 0 Å². The van der Waals surface area contributed by atoms with E-state index in [0.29, 0.717) is 12.5 Å². The minimum atomic E-state index is -0.537. The van der Waals surface area contributed by atoms with Gasteiger partial charge >= 0.3 is 0 Å². The number of rotatable bonds is 4. The summed E-state index contributed by atoms with van der Waals surface area (Å²) < 4.78 is 13.5. The molecule has 1 aromatic rings. The third kappa shape index (κ3) is 2.62. The van der Waals surface area contributed by atoms with E-state index >= 15 is 0 Å². The average Bonchev–Trinajstić information content (AvgIpc) is 2.28. The fourth-order valence-corrected chi connectivity index (χ4v) is 2.06. The fourth-order valence-electron chi connectivity index (χ4n) is 2.06. The van der Waals surface area contributed by atoms with Gasteiger partial charge in [0.2, 0.25) is 0 Å². The molecular weight excluding hydrogens is 219 g/mol. The van der Waals surface area contributed by atoms with Crippen LogP contribution in [0.25, 0.3) is 0 Å². The molecule has 0 bridgehead atoms. The van der Waals surface area contributed by atoms with Crippen molar-refractivity contribution >= 4 is 5.91 Å². The van der Waals surface area contributed by atoms with E-state index in [9.17, 15) is 9.18 Å². The Labute approximate surface area is 101 Å². The summed E-state index contributed by atoms with van der Waals surface area (Å²) in [5, 5.41) is 0. The number of nitrogens with zero attached hydrogens (tertiary/aromatic N) is 2. The molecule has 2 rings (SSSR count). The van der Waals surface area contributed by atoms with E-state index in [1.807, 2.05) is 6.92 Å². The Morgan fingerprint density at radius 3 is 2.88 bits per heavy atom. The molecule has 1 heterocycles. The lowest BCUT2D eigenvalue weighted by molar-refractivity contribution is 0.0701. The molecule has 1 aliphatic carbocycles. The summed E-state index contributed by atoms with van der Waals surface area (Å²) in [6, 6.07) is 1.45. The number of hydrogen-bond acceptors (Lipinski definition) is 2. The molecule has 0 atom stereocenters. The van der Waals surface area contributed by atoms with Crippen molar-refractivity contribution in [2.75, 3.05) is 13.1 Å². The van der Waals surface area contributed by atoms with Crippen molar-refractivity contribution in [2.45, 2.75) is 26.2 Å². The van der Waals surface area contributed by atoms with Gasteiger partial charge < -0.3 is 4.90 Å². The molecule has 0 aromatic carbocycles. The van der Waals surface area contributed by atoms with Crippen LogP contribution in [0.1, 0.15) is 36.5 Å². The molecule has 0 spiro atoms. The first-order valence-corrected chi connectivity index (χ1v) is 6.11. The summed E-state index contributed by atoms with van der Waals surface area (Å²) in [6.45, 7) is 3.30. The van der Waals surface area contributed by atoms with Gasteiger partial charge in [-0.1, -0.05) is 6.42 Å². The molecule has 1 saturated carbocycles. The quantitative estimate of drug-likeness (QED) is 0.804. The third-order valence-corrected chi connectivity index (χ3v) is 3.38. The maximum atomic E-state index is 13.5. The Bertz CT molecular complexity index is 404. The monoisotopic (exact) mass is 236 g/mol. The topological polar surface area (TPSA) is 33.2 Å². The predicted octanol–water partition coefficient (Wildman–Crippen LogP) is 2.48. The lowest BCUT2D eigenvalue weighted by Gasteiger charge is -2.31. The molecular formula is C13H17FN2O. The number of carbonyl (C=O) groups is 1. The molecule has 0 aliphatic heterocycles. The lowest BCUT2D eigenvalue weighted by atomic mass is 9.85. The number of halogens is 1. The number of carbonyl (C=O) groups excluding carboxylic acids is 1. The highest BCUT2D eigenvalue weighted by atomic mass is 19.1. The van der Waals surface area contributed by atoms with Gasteiger partial charge in [-0.05, 0) is 31.7 Å². The minimum absolute atomic E-state index is 0.126. The summed E-state index contributed by atoms with van der Waals surface area (Å²) in [5.74, 6) is -0.160. The van der Waals surface area contributed by atoms with E-state index in [2.05, 4.69) is 4.98 Å². The van der Waals surface area contributed by atoms with Crippen LogP contribution in [0.2, 0.25) is 0 Å². The van der Waals surface area contributed by atoms with Gasteiger partial charge in [0.1, 0.15) is 0 Å². The summed E-state index contributed by atoms with van der Waals surface area (Å²) in [5.41, 5.74) is 0.126. The van der Waals surface area contributed by atoms with Crippen LogP contribution in [0.3, 0.4) is 0 Å². The maximum absolute atomic E-state index is 13.5. The summed E-state index contributed by atoms with van der Waals surface area (Å²) in [4.78, 5) is 17.5. The predicted molar refractivity (Wildman–Crippen MR) is 63.1 cm³/mol. The third-order valence-electron chi connectivity index (χ3n) is 3.38. The highest BCUT2D eigenvalue weighted by molar-refractivity contribution is 5.94. The number of hydrogen-bond donors (Lipinski definition) is 0. The van der Waals surface area contributed by atoms with E-state index in [-0.39, 0.29) is 11.5 Å². The van der Waals surface area contributed by atoms with Crippen molar-refractivity contribution < 1.29 is 9.18 Å². The molecule has 0 N–H and O–H groups in total. The van der Waals surface area contributed by atoms with Crippen LogP contribution in [0.15, 0.2) is 18.5 Å². The van der Waals surface area contributed by atoms with E-state index in [4.69, 9.17) is 0 Å². The molecule has 0 saturated heterocycles. The summed E-state index contributed by atoms with van der Waals surface area (Å²) in [6.07, 6.45) is 6.16. The van der Waals surface area contributed by atoms with E-state index < -0.39 is 5.82 Å². The molecule has 92 valence electrons. The largest absolute Gasteiger partial charge is 0.339 e. The fraction of sp³-hybridized carbons (Fsp3) is 0.538. The Kier molecular flexibility index (Phi) is 3.71. The Hall–Kier alpha value is -1.45. The van der Waals surface area contributed by atoms with Gasteiger partial charge in [0, 0.05) is 19.3 Å². The van der Waals surface area contributed by atoms with Crippen LogP contribution in [0, 0.1) is 11.7 Å². The second kappa shape index (κ2) is 5.25. The first-order chi connectivity index (χ1) is 8.22. The molecule has 1 amide bonds. The van der Waals surface area contributed by atoms with E-state index in [1.165, 1.54) is 31.5 Å². The zero-order chi connectivity index (χ0) is 12.3. The van der Waals surface area contributed by atoms with Crippen molar-refractivity contribution in [2.24, 2.45) is 5.92 Å². The highest BCUT2D eigenvalue weighted by Crippen LogP contribution is 2.27. The smallest absolute Gasteiger partial charge is 0.256 e. The second-order valence-corrected chi connectivity index (χ2v) is 4.50. The Morgan fingerprint density at radius 1 is 1.59 bits per heavy atom. The number of aromatic nitrogens is 1. The van der Waals surface area contributed by atoms with Crippen molar-refractivity contribution in [1.82, 2.24) is 9.88 Å². The van der Waals surface area contributed by atoms with Gasteiger partial charge in [-0.2, -0.15) is 0 Å². The molecule has 1 fully saturated rings. The molecule has 0 radical (unpaired) electrons. The van der Waals surface area contributed by atoms with E-state index in [0.717, 1.165) is 12.7 Å².